The number of rotatable bonds is 9. The van der Waals surface area contributed by atoms with Crippen molar-refractivity contribution in [1.29, 1.82) is 0 Å². The second kappa shape index (κ2) is 13.2. The lowest BCUT2D eigenvalue weighted by atomic mass is 10.1. The number of anilines is 2. The quantitative estimate of drug-likeness (QED) is 0.390. The van der Waals surface area contributed by atoms with Crippen molar-refractivity contribution < 1.29 is 9.59 Å². The van der Waals surface area contributed by atoms with Gasteiger partial charge in [-0.05, 0) is 56.3 Å². The Morgan fingerprint density at radius 2 is 1.58 bits per heavy atom. The summed E-state index contributed by atoms with van der Waals surface area (Å²) in [6.45, 7) is 8.41. The molecule has 3 aromatic carbocycles. The van der Waals surface area contributed by atoms with Gasteiger partial charge in [0.15, 0.2) is 0 Å². The molecule has 1 atom stereocenters. The monoisotopic (exact) mass is 485 g/mol. The Labute approximate surface area is 213 Å². The zero-order valence-corrected chi connectivity index (χ0v) is 21.2. The lowest BCUT2D eigenvalue weighted by Gasteiger charge is -2.29. The maximum atomic E-state index is 13.4. The van der Waals surface area contributed by atoms with Gasteiger partial charge in [-0.15, -0.1) is 0 Å². The average molecular weight is 486 g/mol. The molecule has 0 fully saturated rings. The summed E-state index contributed by atoms with van der Waals surface area (Å²) < 4.78 is 0. The molecule has 7 nitrogen and oxygen atoms in total. The highest BCUT2D eigenvalue weighted by Gasteiger charge is 2.46. The van der Waals surface area contributed by atoms with Crippen LogP contribution < -0.4 is 21.0 Å². The molecule has 0 aliphatic carbocycles. The van der Waals surface area contributed by atoms with E-state index in [0.29, 0.717) is 17.8 Å². The highest BCUT2D eigenvalue weighted by molar-refractivity contribution is 6.18. The van der Waals surface area contributed by atoms with Crippen molar-refractivity contribution in [2.75, 3.05) is 23.4 Å². The molecule has 0 saturated carbocycles. The van der Waals surface area contributed by atoms with Crippen LogP contribution in [0.15, 0.2) is 90.0 Å². The predicted molar refractivity (Wildman–Crippen MR) is 147 cm³/mol. The standard InChI is InChI=1S/C25H24N4O2.C4H11N/c1-19-9-8-10-20(17-19)15-16-23(30)28-25(27-21-11-4-2-5-12-21)18-26-29(24(25)31)22-13-6-3-7-14-22;1-3-5-4-2/h2-14,17-18,27H,15-16H2,1H3,(H,28,30);5H,3-4H2,1-2H3. The lowest BCUT2D eigenvalue weighted by Crippen LogP contribution is -2.61. The van der Waals surface area contributed by atoms with E-state index in [4.69, 9.17) is 0 Å². The van der Waals surface area contributed by atoms with Crippen molar-refractivity contribution in [2.45, 2.75) is 39.3 Å². The van der Waals surface area contributed by atoms with Gasteiger partial charge in [0, 0.05) is 12.1 Å². The maximum Gasteiger partial charge on any atom is 0.299 e. The second-order valence-electron chi connectivity index (χ2n) is 8.49. The predicted octanol–water partition coefficient (Wildman–Crippen LogP) is 4.50. The van der Waals surface area contributed by atoms with E-state index in [1.54, 1.807) is 12.1 Å². The minimum Gasteiger partial charge on any atom is -0.350 e. The van der Waals surface area contributed by atoms with E-state index in [2.05, 4.69) is 41.0 Å². The number of carbonyl (C=O) groups excluding carboxylic acids is 2. The Bertz CT molecular complexity index is 1150. The van der Waals surface area contributed by atoms with Gasteiger partial charge in [0.05, 0.1) is 11.9 Å². The summed E-state index contributed by atoms with van der Waals surface area (Å²) >= 11 is 0. The highest BCUT2D eigenvalue weighted by Crippen LogP contribution is 2.25. The molecule has 0 spiro atoms. The Morgan fingerprint density at radius 3 is 2.19 bits per heavy atom. The van der Waals surface area contributed by atoms with Crippen LogP contribution in [0.5, 0.6) is 0 Å². The topological polar surface area (TPSA) is 85.8 Å². The fourth-order valence-corrected chi connectivity index (χ4v) is 3.78. The lowest BCUT2D eigenvalue weighted by molar-refractivity contribution is -0.128. The van der Waals surface area contributed by atoms with Crippen molar-refractivity contribution in [3.05, 3.63) is 96.1 Å². The van der Waals surface area contributed by atoms with Crippen LogP contribution in [0.3, 0.4) is 0 Å². The molecule has 3 aromatic rings. The first kappa shape index (κ1) is 26.6. The molecule has 1 unspecified atom stereocenters. The summed E-state index contributed by atoms with van der Waals surface area (Å²) in [6, 6.07) is 26.5. The normalized spacial score (nSPS) is 16.3. The minimum atomic E-state index is -1.46. The van der Waals surface area contributed by atoms with E-state index in [-0.39, 0.29) is 18.2 Å². The number of hydrogen-bond acceptors (Lipinski definition) is 5. The van der Waals surface area contributed by atoms with E-state index in [0.717, 1.165) is 24.2 Å². The zero-order chi connectivity index (χ0) is 25.8. The third kappa shape index (κ3) is 7.26. The number of para-hydroxylation sites is 2. The number of benzene rings is 3. The number of nitrogens with zero attached hydrogens (tertiary/aromatic N) is 2. The molecule has 1 aliphatic rings. The molecule has 0 bridgehead atoms. The first-order chi connectivity index (χ1) is 17.5. The van der Waals surface area contributed by atoms with Gasteiger partial charge in [-0.3, -0.25) is 9.59 Å². The fraction of sp³-hybridized carbons (Fsp3) is 0.276. The SMILES string of the molecule is CCNCC.Cc1cccc(CCC(=O)NC2(Nc3ccccc3)C=NN(c3ccccc3)C2=O)c1. The van der Waals surface area contributed by atoms with Crippen LogP contribution in [0.1, 0.15) is 31.4 Å². The van der Waals surface area contributed by atoms with Gasteiger partial charge in [-0.2, -0.15) is 10.1 Å². The number of hydrogen-bond donors (Lipinski definition) is 3. The molecule has 1 heterocycles. The summed E-state index contributed by atoms with van der Waals surface area (Å²) in [5, 5.41) is 14.8. The van der Waals surface area contributed by atoms with Gasteiger partial charge in [0.25, 0.3) is 5.91 Å². The van der Waals surface area contributed by atoms with E-state index in [1.165, 1.54) is 11.2 Å². The molecular weight excluding hydrogens is 450 g/mol. The van der Waals surface area contributed by atoms with Crippen LogP contribution in [-0.2, 0) is 16.0 Å². The van der Waals surface area contributed by atoms with Gasteiger partial charge < -0.3 is 16.0 Å². The first-order valence-corrected chi connectivity index (χ1v) is 12.3. The first-order valence-electron chi connectivity index (χ1n) is 12.3. The van der Waals surface area contributed by atoms with Gasteiger partial charge in [-0.1, -0.05) is 80.1 Å². The molecule has 36 heavy (non-hydrogen) atoms. The molecule has 7 heteroatoms. The molecule has 3 N–H and O–H groups in total. The van der Waals surface area contributed by atoms with Crippen LogP contribution in [0, 0.1) is 6.92 Å². The largest absolute Gasteiger partial charge is 0.350 e. The van der Waals surface area contributed by atoms with Crippen molar-refractivity contribution in [3.8, 4) is 0 Å². The fourth-order valence-electron chi connectivity index (χ4n) is 3.78. The summed E-state index contributed by atoms with van der Waals surface area (Å²) in [5.41, 5.74) is 2.11. The average Bonchev–Trinajstić information content (AvgIpc) is 3.20. The van der Waals surface area contributed by atoms with E-state index in [1.807, 2.05) is 73.7 Å². The van der Waals surface area contributed by atoms with Gasteiger partial charge in [0.1, 0.15) is 0 Å². The molecule has 0 aromatic heterocycles. The molecule has 0 radical (unpaired) electrons. The van der Waals surface area contributed by atoms with Crippen molar-refractivity contribution in [1.82, 2.24) is 10.6 Å². The Kier molecular flexibility index (Phi) is 9.77. The van der Waals surface area contributed by atoms with Gasteiger partial charge in [-0.25, -0.2) is 0 Å². The molecule has 1 aliphatic heterocycles. The Hall–Kier alpha value is -3.97. The summed E-state index contributed by atoms with van der Waals surface area (Å²) in [4.78, 5) is 26.3. The second-order valence-corrected chi connectivity index (χ2v) is 8.49. The van der Waals surface area contributed by atoms with Crippen LogP contribution in [0.2, 0.25) is 0 Å². The molecule has 4 rings (SSSR count). The Balaban J connectivity index is 0.000000658. The smallest absolute Gasteiger partial charge is 0.299 e. The van der Waals surface area contributed by atoms with Crippen molar-refractivity contribution in [2.24, 2.45) is 5.10 Å². The van der Waals surface area contributed by atoms with E-state index >= 15 is 0 Å². The van der Waals surface area contributed by atoms with Gasteiger partial charge >= 0.3 is 0 Å². The molecule has 188 valence electrons. The summed E-state index contributed by atoms with van der Waals surface area (Å²) in [5.74, 6) is -0.605. The van der Waals surface area contributed by atoms with Crippen LogP contribution in [0.25, 0.3) is 0 Å². The van der Waals surface area contributed by atoms with Crippen molar-refractivity contribution >= 4 is 29.4 Å². The highest BCUT2D eigenvalue weighted by atomic mass is 16.2. The van der Waals surface area contributed by atoms with Crippen LogP contribution >= 0.6 is 0 Å². The van der Waals surface area contributed by atoms with E-state index in [9.17, 15) is 9.59 Å². The zero-order valence-electron chi connectivity index (χ0n) is 21.2. The van der Waals surface area contributed by atoms with Crippen molar-refractivity contribution in [3.63, 3.8) is 0 Å². The molecule has 0 saturated heterocycles. The number of carbonyl (C=O) groups is 2. The number of aryl methyl sites for hydroxylation is 2. The molecule has 2 amide bonds. The third-order valence-electron chi connectivity index (χ3n) is 5.57. The minimum absolute atomic E-state index is 0.236. The number of hydrazone groups is 1. The summed E-state index contributed by atoms with van der Waals surface area (Å²) in [6.07, 6.45) is 2.30. The van der Waals surface area contributed by atoms with E-state index < -0.39 is 5.66 Å². The maximum absolute atomic E-state index is 13.4. The van der Waals surface area contributed by atoms with Crippen LogP contribution in [0.4, 0.5) is 11.4 Å². The Morgan fingerprint density at radius 1 is 0.917 bits per heavy atom. The van der Waals surface area contributed by atoms with Crippen LogP contribution in [-0.4, -0.2) is 36.8 Å². The number of nitrogens with one attached hydrogen (secondary N) is 3. The van der Waals surface area contributed by atoms with Gasteiger partial charge in [0.2, 0.25) is 11.6 Å². The molecular formula is C29H35N5O2. The number of amides is 2. The third-order valence-corrected chi connectivity index (χ3v) is 5.57. The summed E-state index contributed by atoms with van der Waals surface area (Å²) in [7, 11) is 0.